The average molecular weight is 1050 g/mol. The van der Waals surface area contributed by atoms with Gasteiger partial charge in [0.1, 0.15) is 24.7 Å². The zero-order chi connectivity index (χ0) is 54.2. The monoisotopic (exact) mass is 1050 g/mol. The number of fused-ring (bicyclic) bond motifs is 2. The summed E-state index contributed by atoms with van der Waals surface area (Å²) in [7, 11) is 3.00. The van der Waals surface area contributed by atoms with Crippen molar-refractivity contribution in [1.82, 2.24) is 20.5 Å². The summed E-state index contributed by atoms with van der Waals surface area (Å²) < 4.78 is 52.3. The smallest absolute Gasteiger partial charge is 0.250 e. The molecule has 4 saturated carbocycles. The fourth-order valence-electron chi connectivity index (χ4n) is 10.4. The van der Waals surface area contributed by atoms with E-state index in [4.69, 9.17) is 45.6 Å². The number of methoxy groups -OCH3 is 2. The minimum Gasteiger partial charge on any atom is -0.497 e. The minimum atomic E-state index is -1.23. The molecule has 4 aliphatic carbocycles. The van der Waals surface area contributed by atoms with Crippen molar-refractivity contribution in [2.75, 3.05) is 14.2 Å². The van der Waals surface area contributed by atoms with Gasteiger partial charge in [0.25, 0.3) is 0 Å². The van der Waals surface area contributed by atoms with Gasteiger partial charge in [-0.15, -0.1) is 0 Å². The fourth-order valence-corrected chi connectivity index (χ4v) is 10.4. The van der Waals surface area contributed by atoms with Crippen LogP contribution in [0.1, 0.15) is 89.6 Å². The Morgan fingerprint density at radius 2 is 1.13 bits per heavy atom. The van der Waals surface area contributed by atoms with Crippen molar-refractivity contribution in [1.29, 1.82) is 0 Å². The molecule has 398 valence electrons. The predicted molar refractivity (Wildman–Crippen MR) is 278 cm³/mol. The normalized spacial score (nSPS) is 20.1. The number of carbonyl (C=O) groups is 4. The molecule has 7 N–H and O–H groups in total. The number of carbonyl (C=O) groups excluding carboxylic acids is 4. The molecule has 11 rings (SSSR count). The van der Waals surface area contributed by atoms with Crippen LogP contribution in [0.25, 0.3) is 21.8 Å². The number of primary amides is 2. The molecule has 7 aromatic rings. The highest BCUT2D eigenvalue weighted by Crippen LogP contribution is 2.56. The summed E-state index contributed by atoms with van der Waals surface area (Å²) in [5, 5.41) is 22.0. The zero-order valence-corrected chi connectivity index (χ0v) is 42.5. The number of hydroxylamine groups is 3. The number of hydrogen-bond donors (Lipinski definition) is 5. The predicted octanol–water partition coefficient (Wildman–Crippen LogP) is 8.67. The number of pyridine rings is 2. The highest BCUT2D eigenvalue weighted by atomic mass is 19.1. The van der Waals surface area contributed by atoms with Gasteiger partial charge in [-0.3, -0.25) is 39.6 Å². The van der Waals surface area contributed by atoms with Crippen LogP contribution >= 0.6 is 0 Å². The van der Waals surface area contributed by atoms with Gasteiger partial charge in [0.05, 0.1) is 54.5 Å². The van der Waals surface area contributed by atoms with Gasteiger partial charge < -0.3 is 30.4 Å². The third kappa shape index (κ3) is 11.1. The van der Waals surface area contributed by atoms with Gasteiger partial charge in [0, 0.05) is 56.8 Å². The maximum atomic E-state index is 15.2. The van der Waals surface area contributed by atoms with Crippen LogP contribution in [0, 0.1) is 34.3 Å². The molecule has 4 amide bonds. The number of para-hydroxylation sites is 2. The second-order valence-electron chi connectivity index (χ2n) is 20.6. The standard InChI is InChI=1S/C34H34FN3O6.C25H24FN3O4/c1-42-24-11-10-22(31(15-24)43-2)18-38(41)32(39)26-17-34(26,33(36)40)16-20-7-12-30(27(35)13-20)44-19-23-14-29(21-8-9-21)37-28-6-4-3-5-25(23)28;26-19-9-14(11-25(24(27)31)12-18(25)23(30)29-32)5-8-22(19)33-13-16-10-21(15-6-7-15)28-20-4-2-1-3-17(16)20/h3-7,10-15,21,26,41H,8-9,16-19H2,1-2H3,(H2,36,40);1-5,8-10,15,18,32H,6-7,11-13H2,(H2,27,31)(H,29,30)/t26?,34-;18?,25-/m00/s1. The van der Waals surface area contributed by atoms with Gasteiger partial charge in [0.2, 0.25) is 23.6 Å². The molecule has 0 saturated heterocycles. The Kier molecular flexibility index (Phi) is 14.5. The molecule has 4 fully saturated rings. The Labute approximate surface area is 442 Å². The molecule has 0 bridgehead atoms. The third-order valence-corrected chi connectivity index (χ3v) is 15.4. The molecule has 0 radical (unpaired) electrons. The van der Waals surface area contributed by atoms with E-state index in [0.717, 1.165) is 70.0 Å². The molecule has 4 aliphatic rings. The summed E-state index contributed by atoms with van der Waals surface area (Å²) >= 11 is 0. The summed E-state index contributed by atoms with van der Waals surface area (Å²) in [6, 6.07) is 33.8. The van der Waals surface area contributed by atoms with E-state index in [1.165, 1.54) is 38.5 Å². The van der Waals surface area contributed by atoms with Crippen molar-refractivity contribution in [2.45, 2.75) is 83.0 Å². The van der Waals surface area contributed by atoms with E-state index in [2.05, 4.69) is 0 Å². The lowest BCUT2D eigenvalue weighted by Crippen LogP contribution is -2.35. The van der Waals surface area contributed by atoms with Crippen LogP contribution in [0.15, 0.2) is 115 Å². The maximum absolute atomic E-state index is 15.2. The maximum Gasteiger partial charge on any atom is 0.250 e. The highest BCUT2D eigenvalue weighted by Gasteiger charge is 2.64. The van der Waals surface area contributed by atoms with Gasteiger partial charge in [-0.1, -0.05) is 48.5 Å². The number of aromatic nitrogens is 2. The first-order chi connectivity index (χ1) is 37.1. The molecule has 0 aliphatic heterocycles. The van der Waals surface area contributed by atoms with Crippen molar-refractivity contribution in [3.63, 3.8) is 0 Å². The van der Waals surface area contributed by atoms with Crippen LogP contribution in [-0.2, 0) is 51.8 Å². The van der Waals surface area contributed by atoms with Crippen LogP contribution < -0.4 is 35.9 Å². The van der Waals surface area contributed by atoms with E-state index in [1.807, 2.05) is 60.7 Å². The van der Waals surface area contributed by atoms with Crippen LogP contribution in [-0.4, -0.2) is 63.3 Å². The second kappa shape index (κ2) is 21.4. The van der Waals surface area contributed by atoms with Gasteiger partial charge in [0.15, 0.2) is 23.1 Å². The van der Waals surface area contributed by atoms with E-state index >= 15 is 4.39 Å². The van der Waals surface area contributed by atoms with E-state index in [1.54, 1.807) is 35.8 Å². The van der Waals surface area contributed by atoms with Crippen molar-refractivity contribution >= 4 is 45.4 Å². The van der Waals surface area contributed by atoms with E-state index in [9.17, 15) is 28.8 Å². The number of ether oxygens (including phenoxy) is 4. The lowest BCUT2D eigenvalue weighted by molar-refractivity contribution is -0.171. The Balaban J connectivity index is 0.000000182. The first kappa shape index (κ1) is 52.2. The van der Waals surface area contributed by atoms with Crippen LogP contribution in [0.2, 0.25) is 0 Å². The minimum absolute atomic E-state index is 0.0510. The number of nitrogens with one attached hydrogen (secondary N) is 1. The molecule has 77 heavy (non-hydrogen) atoms. The Morgan fingerprint density at radius 1 is 0.636 bits per heavy atom. The van der Waals surface area contributed by atoms with E-state index < -0.39 is 57.9 Å². The number of nitrogens with zero attached hydrogens (tertiary/aromatic N) is 3. The number of nitrogens with two attached hydrogens (primary N) is 2. The molecule has 4 atom stereocenters. The lowest BCUT2D eigenvalue weighted by Gasteiger charge is -2.20. The summed E-state index contributed by atoms with van der Waals surface area (Å²) in [5.41, 5.74) is 17.8. The first-order valence-corrected chi connectivity index (χ1v) is 25.5. The second-order valence-corrected chi connectivity index (χ2v) is 20.6. The van der Waals surface area contributed by atoms with Crippen molar-refractivity contribution in [3.05, 3.63) is 166 Å². The molecule has 0 spiro atoms. The molecule has 5 aromatic carbocycles. The summed E-state index contributed by atoms with van der Waals surface area (Å²) in [6.45, 7) is 0.210. The Bertz CT molecular complexity index is 3450. The van der Waals surface area contributed by atoms with Gasteiger partial charge >= 0.3 is 0 Å². The molecule has 18 heteroatoms. The average Bonchev–Trinajstić information content (AvgIpc) is 4.25. The Hall–Kier alpha value is -8.22. The number of halogens is 2. The molecule has 2 heterocycles. The molecule has 16 nitrogen and oxygen atoms in total. The van der Waals surface area contributed by atoms with E-state index in [-0.39, 0.29) is 56.9 Å². The number of rotatable bonds is 20. The van der Waals surface area contributed by atoms with Crippen molar-refractivity contribution in [3.8, 4) is 23.0 Å². The summed E-state index contributed by atoms with van der Waals surface area (Å²) in [6.07, 6.45) is 5.03. The molecular formula is C59H58F2N6O10. The fraction of sp³-hybridized carbons (Fsp3) is 0.322. The molecular weight excluding hydrogens is 991 g/mol. The lowest BCUT2D eigenvalue weighted by atomic mass is 9.92. The first-order valence-electron chi connectivity index (χ1n) is 25.5. The zero-order valence-electron chi connectivity index (χ0n) is 42.5. The number of amides is 4. The molecule has 2 aromatic heterocycles. The Morgan fingerprint density at radius 3 is 1.58 bits per heavy atom. The molecule has 2 unspecified atom stereocenters. The SMILES string of the molecule is COc1ccc(CN(O)C(=O)C2C[C@]2(Cc2ccc(OCc3cc(C4CC4)nc4ccccc34)c(F)c2)C(N)=O)c(OC)c1.NC(=O)[C@@]1(Cc2ccc(OCc3cc(C4CC4)nc4ccccc34)c(F)c2)CC1C(=O)NO. The van der Waals surface area contributed by atoms with Crippen molar-refractivity contribution < 1.29 is 57.3 Å². The largest absolute Gasteiger partial charge is 0.497 e. The van der Waals surface area contributed by atoms with Gasteiger partial charge in [-0.25, -0.2) is 19.3 Å². The third-order valence-electron chi connectivity index (χ3n) is 15.4. The summed E-state index contributed by atoms with van der Waals surface area (Å²) in [5.74, 6) is -3.20. The van der Waals surface area contributed by atoms with Crippen molar-refractivity contribution in [2.24, 2.45) is 34.1 Å². The summed E-state index contributed by atoms with van der Waals surface area (Å²) in [4.78, 5) is 58.9. The van der Waals surface area contributed by atoms with Crippen LogP contribution in [0.3, 0.4) is 0 Å². The number of hydrogen-bond acceptors (Lipinski definition) is 12. The van der Waals surface area contributed by atoms with Crippen LogP contribution in [0.5, 0.6) is 23.0 Å². The van der Waals surface area contributed by atoms with Gasteiger partial charge in [-0.05, 0) is 123 Å². The topological polar surface area (TPSA) is 239 Å². The van der Waals surface area contributed by atoms with E-state index in [0.29, 0.717) is 45.1 Å². The highest BCUT2D eigenvalue weighted by molar-refractivity contribution is 5.96. The van der Waals surface area contributed by atoms with Crippen LogP contribution in [0.4, 0.5) is 8.78 Å². The quantitative estimate of drug-likeness (QED) is 0.0356. The number of benzene rings is 5. The van der Waals surface area contributed by atoms with Gasteiger partial charge in [-0.2, -0.15) is 0 Å².